The van der Waals surface area contributed by atoms with Crippen molar-refractivity contribution in [3.8, 4) is 0 Å². The molecule has 2 aliphatic heterocycles. The molecule has 0 aliphatic carbocycles. The molecule has 2 aromatic carbocycles. The van der Waals surface area contributed by atoms with E-state index in [4.69, 9.17) is 4.74 Å². The number of hydrogen-bond donors (Lipinski definition) is 0. The van der Waals surface area contributed by atoms with Crippen molar-refractivity contribution in [2.75, 3.05) is 57.4 Å². The summed E-state index contributed by atoms with van der Waals surface area (Å²) in [6.45, 7) is 3.90. The van der Waals surface area contributed by atoms with E-state index >= 15 is 0 Å². The second-order valence-electron chi connectivity index (χ2n) is 7.13. The smallest absolute Gasteiger partial charge is 0.255 e. The number of nitrogens with zero attached hydrogens (tertiary/aromatic N) is 3. The van der Waals surface area contributed by atoms with Gasteiger partial charge in [0.15, 0.2) is 0 Å². The van der Waals surface area contributed by atoms with Crippen molar-refractivity contribution in [2.24, 2.45) is 0 Å². The van der Waals surface area contributed by atoms with Crippen molar-refractivity contribution in [1.29, 1.82) is 0 Å². The van der Waals surface area contributed by atoms with Crippen LogP contribution in [0.3, 0.4) is 0 Å². The average molecular weight is 416 g/mol. The van der Waals surface area contributed by atoms with E-state index in [9.17, 15) is 13.2 Å². The minimum absolute atomic E-state index is 0.0809. The first-order chi connectivity index (χ1) is 14.1. The third-order valence-corrected chi connectivity index (χ3v) is 7.35. The number of benzene rings is 2. The van der Waals surface area contributed by atoms with Crippen LogP contribution >= 0.6 is 0 Å². The highest BCUT2D eigenvalue weighted by atomic mass is 32.2. The summed E-state index contributed by atoms with van der Waals surface area (Å²) in [4.78, 5) is 17.3. The fourth-order valence-corrected chi connectivity index (χ4v) is 5.36. The van der Waals surface area contributed by atoms with Gasteiger partial charge in [0.2, 0.25) is 10.0 Å². The van der Waals surface area contributed by atoms with Crippen molar-refractivity contribution >= 4 is 21.6 Å². The van der Waals surface area contributed by atoms with Crippen molar-refractivity contribution < 1.29 is 17.9 Å². The second kappa shape index (κ2) is 8.52. The van der Waals surface area contributed by atoms with Gasteiger partial charge in [-0.05, 0) is 24.3 Å². The molecule has 29 heavy (non-hydrogen) atoms. The zero-order valence-electron chi connectivity index (χ0n) is 16.2. The molecule has 7 nitrogen and oxygen atoms in total. The SMILES string of the molecule is O=C(c1ccccc1S(=O)(=O)N1CCOCC1)N1CCN(c2ccccc2)CC1. The largest absolute Gasteiger partial charge is 0.379 e. The van der Waals surface area contributed by atoms with Crippen molar-refractivity contribution in [3.63, 3.8) is 0 Å². The van der Waals surface area contributed by atoms with Crippen molar-refractivity contribution in [3.05, 3.63) is 60.2 Å². The number of amides is 1. The Morgan fingerprint density at radius 1 is 0.793 bits per heavy atom. The van der Waals surface area contributed by atoms with Gasteiger partial charge in [-0.1, -0.05) is 30.3 Å². The Morgan fingerprint density at radius 2 is 1.41 bits per heavy atom. The Morgan fingerprint density at radius 3 is 2.10 bits per heavy atom. The van der Waals surface area contributed by atoms with Crippen LogP contribution in [0.15, 0.2) is 59.5 Å². The molecule has 2 saturated heterocycles. The third-order valence-electron chi connectivity index (χ3n) is 5.39. The number of ether oxygens (including phenoxy) is 1. The Labute approximate surface area is 171 Å². The van der Waals surface area contributed by atoms with Crippen LogP contribution in [0.25, 0.3) is 0 Å². The Kier molecular flexibility index (Phi) is 5.84. The third kappa shape index (κ3) is 4.14. The molecule has 0 bridgehead atoms. The Balaban J connectivity index is 1.51. The highest BCUT2D eigenvalue weighted by molar-refractivity contribution is 7.89. The maximum absolute atomic E-state index is 13.2. The minimum atomic E-state index is -3.73. The molecule has 0 spiro atoms. The van der Waals surface area contributed by atoms with Crippen LogP contribution in [0.2, 0.25) is 0 Å². The van der Waals surface area contributed by atoms with Gasteiger partial charge in [0, 0.05) is 45.0 Å². The molecule has 0 atom stereocenters. The van der Waals surface area contributed by atoms with E-state index in [0.717, 1.165) is 5.69 Å². The van der Waals surface area contributed by atoms with Crippen LogP contribution in [0.5, 0.6) is 0 Å². The lowest BCUT2D eigenvalue weighted by molar-refractivity contribution is 0.0722. The molecular weight excluding hydrogens is 390 g/mol. The van der Waals surface area contributed by atoms with Gasteiger partial charge in [-0.2, -0.15) is 4.31 Å². The van der Waals surface area contributed by atoms with Gasteiger partial charge in [0.1, 0.15) is 0 Å². The average Bonchev–Trinajstić information content (AvgIpc) is 2.80. The molecule has 8 heteroatoms. The van der Waals surface area contributed by atoms with Crippen LogP contribution in [-0.2, 0) is 14.8 Å². The van der Waals surface area contributed by atoms with E-state index in [-0.39, 0.29) is 16.4 Å². The topological polar surface area (TPSA) is 70.2 Å². The lowest BCUT2D eigenvalue weighted by Crippen LogP contribution is -2.49. The molecule has 0 N–H and O–H groups in total. The highest BCUT2D eigenvalue weighted by Gasteiger charge is 2.32. The fraction of sp³-hybridized carbons (Fsp3) is 0.381. The monoisotopic (exact) mass is 415 g/mol. The zero-order chi connectivity index (χ0) is 20.3. The molecule has 0 radical (unpaired) electrons. The van der Waals surface area contributed by atoms with Gasteiger partial charge in [-0.3, -0.25) is 4.79 Å². The number of hydrogen-bond acceptors (Lipinski definition) is 5. The summed E-state index contributed by atoms with van der Waals surface area (Å²) in [6.07, 6.45) is 0. The number of anilines is 1. The number of carbonyl (C=O) groups excluding carboxylic acids is 1. The summed E-state index contributed by atoms with van der Waals surface area (Å²) in [7, 11) is -3.73. The molecule has 0 aromatic heterocycles. The van der Waals surface area contributed by atoms with Gasteiger partial charge in [-0.15, -0.1) is 0 Å². The molecule has 154 valence electrons. The lowest BCUT2D eigenvalue weighted by Gasteiger charge is -2.36. The quantitative estimate of drug-likeness (QED) is 0.760. The predicted molar refractivity (Wildman–Crippen MR) is 111 cm³/mol. The molecular formula is C21H25N3O4S. The van der Waals surface area contributed by atoms with Crippen LogP contribution in [0.1, 0.15) is 10.4 Å². The van der Waals surface area contributed by atoms with Gasteiger partial charge in [-0.25, -0.2) is 8.42 Å². The van der Waals surface area contributed by atoms with E-state index in [1.54, 1.807) is 23.1 Å². The first-order valence-corrected chi connectivity index (χ1v) is 11.3. The van der Waals surface area contributed by atoms with E-state index in [1.807, 2.05) is 18.2 Å². The first kappa shape index (κ1) is 19.9. The fourth-order valence-electron chi connectivity index (χ4n) is 3.77. The van der Waals surface area contributed by atoms with Gasteiger partial charge in [0.25, 0.3) is 5.91 Å². The number of para-hydroxylation sites is 1. The van der Waals surface area contributed by atoms with Crippen molar-refractivity contribution in [2.45, 2.75) is 4.90 Å². The maximum Gasteiger partial charge on any atom is 0.255 e. The van der Waals surface area contributed by atoms with Crippen LogP contribution in [-0.4, -0.2) is 76.0 Å². The van der Waals surface area contributed by atoms with E-state index in [0.29, 0.717) is 52.5 Å². The molecule has 0 saturated carbocycles. The molecule has 2 fully saturated rings. The predicted octanol–water partition coefficient (Wildman–Crippen LogP) is 1.67. The number of piperazine rings is 1. The molecule has 1 amide bonds. The van der Waals surface area contributed by atoms with Crippen LogP contribution in [0.4, 0.5) is 5.69 Å². The lowest BCUT2D eigenvalue weighted by atomic mass is 10.1. The summed E-state index contributed by atoms with van der Waals surface area (Å²) in [5.41, 5.74) is 1.38. The molecule has 4 rings (SSSR count). The summed E-state index contributed by atoms with van der Waals surface area (Å²) in [5.74, 6) is -0.231. The number of rotatable bonds is 4. The molecule has 2 aromatic rings. The summed E-state index contributed by atoms with van der Waals surface area (Å²) in [6, 6.07) is 16.6. The second-order valence-corrected chi connectivity index (χ2v) is 9.03. The maximum atomic E-state index is 13.2. The highest BCUT2D eigenvalue weighted by Crippen LogP contribution is 2.24. The van der Waals surface area contributed by atoms with Gasteiger partial charge >= 0.3 is 0 Å². The summed E-state index contributed by atoms with van der Waals surface area (Å²) >= 11 is 0. The van der Waals surface area contributed by atoms with E-state index < -0.39 is 10.0 Å². The van der Waals surface area contributed by atoms with Gasteiger partial charge in [0.05, 0.1) is 23.7 Å². The number of sulfonamides is 1. The Hall–Kier alpha value is -2.42. The van der Waals surface area contributed by atoms with Crippen LogP contribution in [0, 0.1) is 0 Å². The van der Waals surface area contributed by atoms with Gasteiger partial charge < -0.3 is 14.5 Å². The molecule has 0 unspecified atom stereocenters. The van der Waals surface area contributed by atoms with E-state index in [1.165, 1.54) is 10.4 Å². The number of morpholine rings is 1. The van der Waals surface area contributed by atoms with Crippen molar-refractivity contribution in [1.82, 2.24) is 9.21 Å². The van der Waals surface area contributed by atoms with E-state index in [2.05, 4.69) is 17.0 Å². The zero-order valence-corrected chi connectivity index (χ0v) is 17.1. The van der Waals surface area contributed by atoms with Crippen LogP contribution < -0.4 is 4.90 Å². The molecule has 2 heterocycles. The molecule has 2 aliphatic rings. The summed E-state index contributed by atoms with van der Waals surface area (Å²) < 4.78 is 32.9. The minimum Gasteiger partial charge on any atom is -0.379 e. The standard InChI is InChI=1S/C21H25N3O4S/c25-21(23-12-10-22(11-13-23)18-6-2-1-3-7-18)19-8-4-5-9-20(19)29(26,27)24-14-16-28-17-15-24/h1-9H,10-17H2. The summed E-state index contributed by atoms with van der Waals surface area (Å²) in [5, 5.41) is 0. The Bertz CT molecular complexity index is 951. The number of carbonyl (C=O) groups is 1. The first-order valence-electron chi connectivity index (χ1n) is 9.83. The normalized spacial score (nSPS) is 18.6.